The number of nitrogens with one attached hydrogen (secondary N) is 3. The van der Waals surface area contributed by atoms with Crippen LogP contribution in [-0.4, -0.2) is 55.0 Å². The quantitative estimate of drug-likeness (QED) is 0.654. The lowest BCUT2D eigenvalue weighted by Gasteiger charge is -2.41. The first-order chi connectivity index (χ1) is 13.7. The number of piperidine rings is 1. The number of fused-ring (bicyclic) bond motifs is 1. The molecular formula is C20H27F3N4O2. The molecule has 8 atom stereocenters. The standard InChI is InChI=1S/C20H27F3N4O2/c1-9-12(20(29)27-15-4-3-13(21)18(23)17(9)15)6-16(28)26-10(2)19-14(22)5-11(7-24)8-25-19/h10-11,13-15,17-19,25H,3-6,8H2,1-2H3,(H,26,28)(H,27,29)/t10-,11?,13?,14?,15?,17?,18?,19?/m1/s1. The average molecular weight is 412 g/mol. The van der Waals surface area contributed by atoms with E-state index in [-0.39, 0.29) is 24.8 Å². The van der Waals surface area contributed by atoms with Crippen LogP contribution >= 0.6 is 0 Å². The first-order valence-electron chi connectivity index (χ1n) is 10.1. The van der Waals surface area contributed by atoms with E-state index in [0.717, 1.165) is 0 Å². The van der Waals surface area contributed by atoms with Gasteiger partial charge in [0.25, 0.3) is 0 Å². The number of halogens is 3. The Kier molecular flexibility index (Phi) is 6.52. The minimum Gasteiger partial charge on any atom is -0.352 e. The fraction of sp³-hybridized carbons (Fsp3) is 0.750. The van der Waals surface area contributed by atoms with E-state index in [0.29, 0.717) is 18.5 Å². The molecule has 0 aromatic carbocycles. The van der Waals surface area contributed by atoms with Crippen LogP contribution in [0.2, 0.25) is 0 Å². The summed E-state index contributed by atoms with van der Waals surface area (Å²) in [6.07, 6.45) is -4.31. The molecule has 29 heavy (non-hydrogen) atoms. The van der Waals surface area contributed by atoms with Crippen LogP contribution in [0, 0.1) is 23.2 Å². The van der Waals surface area contributed by atoms with Crippen LogP contribution in [0.1, 0.15) is 39.5 Å². The fourth-order valence-electron chi connectivity index (χ4n) is 4.73. The number of alkyl halides is 3. The lowest BCUT2D eigenvalue weighted by Crippen LogP contribution is -2.57. The van der Waals surface area contributed by atoms with Crippen molar-refractivity contribution in [1.29, 1.82) is 5.26 Å². The molecule has 0 aromatic rings. The largest absolute Gasteiger partial charge is 0.352 e. The van der Waals surface area contributed by atoms with Gasteiger partial charge in [0.1, 0.15) is 18.5 Å². The van der Waals surface area contributed by atoms with Crippen LogP contribution in [0.4, 0.5) is 13.2 Å². The minimum atomic E-state index is -1.71. The zero-order chi connectivity index (χ0) is 21.3. The lowest BCUT2D eigenvalue weighted by molar-refractivity contribution is -0.125. The number of carbonyl (C=O) groups is 2. The molecule has 3 rings (SSSR count). The van der Waals surface area contributed by atoms with Gasteiger partial charge in [-0.25, -0.2) is 13.2 Å². The highest BCUT2D eigenvalue weighted by molar-refractivity contribution is 6.00. The molecule has 3 N–H and O–H groups in total. The number of nitrogens with zero attached hydrogens (tertiary/aromatic N) is 1. The molecule has 0 radical (unpaired) electrons. The molecule has 1 saturated heterocycles. The topological polar surface area (TPSA) is 94.0 Å². The van der Waals surface area contributed by atoms with Crippen molar-refractivity contribution in [1.82, 2.24) is 16.0 Å². The second-order valence-electron chi connectivity index (χ2n) is 8.35. The van der Waals surface area contributed by atoms with Crippen molar-refractivity contribution in [3.63, 3.8) is 0 Å². The maximum atomic E-state index is 14.4. The maximum absolute atomic E-state index is 14.4. The van der Waals surface area contributed by atoms with Crippen molar-refractivity contribution in [3.05, 3.63) is 11.1 Å². The molecular weight excluding hydrogens is 385 g/mol. The molecule has 0 aromatic heterocycles. The molecule has 0 spiro atoms. The summed E-state index contributed by atoms with van der Waals surface area (Å²) in [6, 6.07) is 0.380. The van der Waals surface area contributed by atoms with Gasteiger partial charge in [-0.15, -0.1) is 0 Å². The minimum absolute atomic E-state index is 0.0642. The summed E-state index contributed by atoms with van der Waals surface area (Å²) in [7, 11) is 0. The van der Waals surface area contributed by atoms with Gasteiger partial charge in [0.2, 0.25) is 11.8 Å². The summed E-state index contributed by atoms with van der Waals surface area (Å²) < 4.78 is 42.6. The van der Waals surface area contributed by atoms with Gasteiger partial charge in [0.05, 0.1) is 24.4 Å². The Morgan fingerprint density at radius 2 is 2.03 bits per heavy atom. The molecule has 6 nitrogen and oxygen atoms in total. The van der Waals surface area contributed by atoms with E-state index in [1.807, 2.05) is 6.07 Å². The Bertz CT molecular complexity index is 738. The van der Waals surface area contributed by atoms with Crippen LogP contribution in [0.25, 0.3) is 0 Å². The second-order valence-corrected chi connectivity index (χ2v) is 8.35. The van der Waals surface area contributed by atoms with E-state index in [9.17, 15) is 22.8 Å². The Morgan fingerprint density at radius 1 is 1.31 bits per heavy atom. The van der Waals surface area contributed by atoms with Gasteiger partial charge in [-0.1, -0.05) is 5.57 Å². The molecule has 1 saturated carbocycles. The zero-order valence-electron chi connectivity index (χ0n) is 16.6. The first-order valence-corrected chi connectivity index (χ1v) is 10.1. The monoisotopic (exact) mass is 412 g/mol. The van der Waals surface area contributed by atoms with Gasteiger partial charge >= 0.3 is 0 Å². The number of hydrogen-bond donors (Lipinski definition) is 3. The van der Waals surface area contributed by atoms with E-state index in [2.05, 4.69) is 16.0 Å². The van der Waals surface area contributed by atoms with Crippen LogP contribution in [0.5, 0.6) is 0 Å². The van der Waals surface area contributed by atoms with E-state index in [1.54, 1.807) is 13.8 Å². The molecule has 2 heterocycles. The van der Waals surface area contributed by atoms with E-state index >= 15 is 0 Å². The van der Waals surface area contributed by atoms with Gasteiger partial charge in [-0.3, -0.25) is 9.59 Å². The highest BCUT2D eigenvalue weighted by Gasteiger charge is 2.45. The normalized spacial score (nSPS) is 38.5. The molecule has 2 amide bonds. The summed E-state index contributed by atoms with van der Waals surface area (Å²) in [6.45, 7) is 3.58. The highest BCUT2D eigenvalue weighted by Crippen LogP contribution is 2.38. The average Bonchev–Trinajstić information content (AvgIpc) is 2.67. The van der Waals surface area contributed by atoms with Crippen molar-refractivity contribution in [2.24, 2.45) is 11.8 Å². The number of amides is 2. The van der Waals surface area contributed by atoms with Crippen molar-refractivity contribution in [2.75, 3.05) is 6.54 Å². The molecule has 1 aliphatic carbocycles. The predicted octanol–water partition coefficient (Wildman–Crippen LogP) is 1.62. The third-order valence-corrected chi connectivity index (χ3v) is 6.39. The van der Waals surface area contributed by atoms with Crippen LogP contribution < -0.4 is 16.0 Å². The summed E-state index contributed by atoms with van der Waals surface area (Å²) in [5.74, 6) is -2.10. The fourth-order valence-corrected chi connectivity index (χ4v) is 4.73. The Morgan fingerprint density at radius 3 is 2.69 bits per heavy atom. The van der Waals surface area contributed by atoms with E-state index in [4.69, 9.17) is 5.26 Å². The number of hydrogen-bond acceptors (Lipinski definition) is 4. The molecule has 0 bridgehead atoms. The van der Waals surface area contributed by atoms with Crippen molar-refractivity contribution in [2.45, 2.75) is 76.2 Å². The third-order valence-electron chi connectivity index (χ3n) is 6.39. The van der Waals surface area contributed by atoms with Crippen LogP contribution in [0.15, 0.2) is 11.1 Å². The van der Waals surface area contributed by atoms with Gasteiger partial charge in [-0.2, -0.15) is 5.26 Å². The van der Waals surface area contributed by atoms with E-state index < -0.39 is 60.3 Å². The Labute approximate surface area is 168 Å². The summed E-state index contributed by atoms with van der Waals surface area (Å²) >= 11 is 0. The van der Waals surface area contributed by atoms with E-state index in [1.165, 1.54) is 0 Å². The lowest BCUT2D eigenvalue weighted by atomic mass is 9.73. The number of rotatable bonds is 4. The summed E-state index contributed by atoms with van der Waals surface area (Å²) in [4.78, 5) is 24.9. The Hall–Kier alpha value is -2.08. The molecule has 2 fully saturated rings. The third kappa shape index (κ3) is 4.42. The van der Waals surface area contributed by atoms with Crippen LogP contribution in [0.3, 0.4) is 0 Å². The summed E-state index contributed by atoms with van der Waals surface area (Å²) in [5, 5.41) is 17.2. The van der Waals surface area contributed by atoms with Gasteiger partial charge in [0.15, 0.2) is 0 Å². The van der Waals surface area contributed by atoms with Crippen molar-refractivity contribution >= 4 is 11.8 Å². The molecule has 160 valence electrons. The van der Waals surface area contributed by atoms with Gasteiger partial charge in [-0.05, 0) is 33.1 Å². The molecule has 3 aliphatic rings. The van der Waals surface area contributed by atoms with Crippen LogP contribution in [-0.2, 0) is 9.59 Å². The number of carbonyl (C=O) groups excluding carboxylic acids is 2. The highest BCUT2D eigenvalue weighted by atomic mass is 19.2. The second kappa shape index (κ2) is 8.74. The molecule has 9 heteroatoms. The number of nitriles is 1. The predicted molar refractivity (Wildman–Crippen MR) is 99.8 cm³/mol. The van der Waals surface area contributed by atoms with Crippen molar-refractivity contribution < 1.29 is 22.8 Å². The first kappa shape index (κ1) is 21.6. The van der Waals surface area contributed by atoms with Gasteiger partial charge in [0, 0.05) is 30.1 Å². The smallest absolute Gasteiger partial charge is 0.247 e. The zero-order valence-corrected chi connectivity index (χ0v) is 16.6. The molecule has 2 aliphatic heterocycles. The van der Waals surface area contributed by atoms with Gasteiger partial charge < -0.3 is 16.0 Å². The summed E-state index contributed by atoms with van der Waals surface area (Å²) in [5.41, 5.74) is 0.554. The SMILES string of the molecule is CC1=C(CC(=O)N[C@H](C)C2NCC(C#N)CC2F)C(=O)NC2CCC(F)C(F)C12. The van der Waals surface area contributed by atoms with Crippen molar-refractivity contribution in [3.8, 4) is 6.07 Å². The maximum Gasteiger partial charge on any atom is 0.247 e. The Balaban J connectivity index is 1.65. The molecule has 7 unspecified atom stereocenters.